The molecule has 0 aliphatic carbocycles. The average Bonchev–Trinajstić information content (AvgIpc) is 3.03. The fourth-order valence-corrected chi connectivity index (χ4v) is 2.90. The molecule has 0 aliphatic rings. The van der Waals surface area contributed by atoms with Crippen LogP contribution in [0.1, 0.15) is 15.5 Å². The second-order valence-electron chi connectivity index (χ2n) is 4.61. The van der Waals surface area contributed by atoms with Crippen molar-refractivity contribution < 1.29 is 4.79 Å². The van der Waals surface area contributed by atoms with Crippen LogP contribution >= 0.6 is 11.3 Å². The molecule has 0 spiro atoms. The minimum absolute atomic E-state index is 0.139. The van der Waals surface area contributed by atoms with E-state index >= 15 is 0 Å². The van der Waals surface area contributed by atoms with Crippen LogP contribution in [-0.4, -0.2) is 15.9 Å². The van der Waals surface area contributed by atoms with E-state index < -0.39 is 0 Å². The molecule has 0 radical (unpaired) electrons. The van der Waals surface area contributed by atoms with Crippen molar-refractivity contribution >= 4 is 23.1 Å². The molecule has 6 heteroatoms. The normalized spacial score (nSPS) is 10.4. The Hall–Kier alpha value is -2.73. The number of rotatable bonds is 4. The van der Waals surface area contributed by atoms with Gasteiger partial charge in [-0.25, -0.2) is 9.97 Å². The number of hydrogen-bond acceptors (Lipinski definition) is 5. The van der Waals surface area contributed by atoms with Gasteiger partial charge in [0.15, 0.2) is 0 Å². The van der Waals surface area contributed by atoms with Gasteiger partial charge in [-0.05, 0) is 23.1 Å². The van der Waals surface area contributed by atoms with Crippen LogP contribution in [0.4, 0.5) is 5.82 Å². The largest absolute Gasteiger partial charge is 0.384 e. The molecule has 0 saturated heterocycles. The number of nitrogens with one attached hydrogen (secondary N) is 1. The highest BCUT2D eigenvalue weighted by Gasteiger charge is 2.14. The number of amides is 1. The van der Waals surface area contributed by atoms with Crippen molar-refractivity contribution in [2.75, 3.05) is 5.73 Å². The summed E-state index contributed by atoms with van der Waals surface area (Å²) in [6, 6.07) is 13.4. The van der Waals surface area contributed by atoms with Gasteiger partial charge in [0.25, 0.3) is 5.91 Å². The van der Waals surface area contributed by atoms with Crippen molar-refractivity contribution in [3.63, 3.8) is 0 Å². The number of carbonyl (C=O) groups is 1. The third-order valence-electron chi connectivity index (χ3n) is 3.09. The van der Waals surface area contributed by atoms with Gasteiger partial charge in [0.2, 0.25) is 0 Å². The van der Waals surface area contributed by atoms with E-state index in [0.717, 1.165) is 11.1 Å². The molecule has 0 bridgehead atoms. The number of aromatic nitrogens is 2. The lowest BCUT2D eigenvalue weighted by Crippen LogP contribution is -2.23. The summed E-state index contributed by atoms with van der Waals surface area (Å²) in [5, 5.41) is 4.74. The van der Waals surface area contributed by atoms with Crippen molar-refractivity contribution in [2.45, 2.75) is 6.54 Å². The van der Waals surface area contributed by atoms with Crippen LogP contribution < -0.4 is 11.1 Å². The van der Waals surface area contributed by atoms with Crippen LogP contribution in [0.15, 0.2) is 54.0 Å². The standard InChI is InChI=1S/C16H14N4OS/c17-13-6-8-18-14(20-13)10-19-16(21)15-12(7-9-22-15)11-4-2-1-3-5-11/h1-9H,10H2,(H,19,21)(H2,17,18,20). The summed E-state index contributed by atoms with van der Waals surface area (Å²) in [5.41, 5.74) is 7.55. The summed E-state index contributed by atoms with van der Waals surface area (Å²) < 4.78 is 0. The number of thiophene rings is 1. The van der Waals surface area contributed by atoms with E-state index in [-0.39, 0.29) is 12.5 Å². The Morgan fingerprint density at radius 1 is 1.18 bits per heavy atom. The first-order valence-electron chi connectivity index (χ1n) is 6.72. The lowest BCUT2D eigenvalue weighted by Gasteiger charge is -2.06. The Morgan fingerprint density at radius 2 is 2.00 bits per heavy atom. The maximum Gasteiger partial charge on any atom is 0.262 e. The molecule has 1 amide bonds. The van der Waals surface area contributed by atoms with Crippen LogP contribution in [0, 0.1) is 0 Å². The molecule has 3 N–H and O–H groups in total. The Kier molecular flexibility index (Phi) is 4.11. The number of nitrogens with zero attached hydrogens (tertiary/aromatic N) is 2. The van der Waals surface area contributed by atoms with E-state index in [4.69, 9.17) is 5.73 Å². The SMILES string of the molecule is Nc1ccnc(CNC(=O)c2sccc2-c2ccccc2)n1. The number of nitrogen functional groups attached to an aromatic ring is 1. The van der Waals surface area contributed by atoms with Gasteiger partial charge in [-0.1, -0.05) is 30.3 Å². The van der Waals surface area contributed by atoms with Crippen molar-refractivity contribution in [3.8, 4) is 11.1 Å². The molecular formula is C16H14N4OS. The van der Waals surface area contributed by atoms with Crippen LogP contribution in [-0.2, 0) is 6.54 Å². The first kappa shape index (κ1) is 14.2. The number of benzene rings is 1. The molecular weight excluding hydrogens is 296 g/mol. The molecule has 5 nitrogen and oxygen atoms in total. The second-order valence-corrected chi connectivity index (χ2v) is 5.53. The van der Waals surface area contributed by atoms with Gasteiger partial charge in [0.05, 0.1) is 11.4 Å². The zero-order valence-corrected chi connectivity index (χ0v) is 12.5. The first-order chi connectivity index (χ1) is 10.7. The fraction of sp³-hybridized carbons (Fsp3) is 0.0625. The van der Waals surface area contributed by atoms with E-state index in [1.54, 1.807) is 12.3 Å². The molecule has 1 aromatic carbocycles. The Bertz CT molecular complexity index is 786. The van der Waals surface area contributed by atoms with Crippen LogP contribution in [0.25, 0.3) is 11.1 Å². The molecule has 110 valence electrons. The summed E-state index contributed by atoms with van der Waals surface area (Å²) in [4.78, 5) is 21.2. The topological polar surface area (TPSA) is 80.9 Å². The monoisotopic (exact) mass is 310 g/mol. The van der Waals surface area contributed by atoms with Crippen molar-refractivity contribution in [3.05, 3.63) is 64.7 Å². The van der Waals surface area contributed by atoms with Gasteiger partial charge in [-0.3, -0.25) is 4.79 Å². The molecule has 2 aromatic heterocycles. The number of anilines is 1. The third-order valence-corrected chi connectivity index (χ3v) is 4.00. The van der Waals surface area contributed by atoms with Crippen LogP contribution in [0.2, 0.25) is 0 Å². The van der Waals surface area contributed by atoms with E-state index in [1.807, 2.05) is 41.8 Å². The number of nitrogens with two attached hydrogens (primary N) is 1. The van der Waals surface area contributed by atoms with Gasteiger partial charge < -0.3 is 11.1 Å². The van der Waals surface area contributed by atoms with Gasteiger partial charge in [0, 0.05) is 11.8 Å². The molecule has 3 aromatic rings. The number of hydrogen-bond donors (Lipinski definition) is 2. The smallest absolute Gasteiger partial charge is 0.262 e. The summed E-state index contributed by atoms with van der Waals surface area (Å²) in [6.45, 7) is 0.246. The Labute approximate surface area is 131 Å². The zero-order valence-electron chi connectivity index (χ0n) is 11.7. The molecule has 0 fully saturated rings. The van der Waals surface area contributed by atoms with E-state index in [9.17, 15) is 4.79 Å². The fourth-order valence-electron chi connectivity index (χ4n) is 2.07. The van der Waals surface area contributed by atoms with E-state index in [2.05, 4.69) is 15.3 Å². The Balaban J connectivity index is 1.75. The number of carbonyl (C=O) groups excluding carboxylic acids is 1. The molecule has 0 unspecified atom stereocenters. The Morgan fingerprint density at radius 3 is 2.77 bits per heavy atom. The maximum absolute atomic E-state index is 12.4. The maximum atomic E-state index is 12.4. The van der Waals surface area contributed by atoms with Gasteiger partial charge in [-0.15, -0.1) is 11.3 Å². The van der Waals surface area contributed by atoms with Crippen LogP contribution in [0.5, 0.6) is 0 Å². The predicted molar refractivity (Wildman–Crippen MR) is 87.4 cm³/mol. The summed E-state index contributed by atoms with van der Waals surface area (Å²) in [6.07, 6.45) is 1.57. The van der Waals surface area contributed by atoms with E-state index in [0.29, 0.717) is 16.5 Å². The highest BCUT2D eigenvalue weighted by Crippen LogP contribution is 2.28. The lowest BCUT2D eigenvalue weighted by atomic mass is 10.1. The second kappa shape index (κ2) is 6.36. The molecule has 0 saturated carbocycles. The highest BCUT2D eigenvalue weighted by molar-refractivity contribution is 7.12. The molecule has 22 heavy (non-hydrogen) atoms. The highest BCUT2D eigenvalue weighted by atomic mass is 32.1. The molecule has 3 rings (SSSR count). The van der Waals surface area contributed by atoms with Crippen molar-refractivity contribution in [2.24, 2.45) is 0 Å². The lowest BCUT2D eigenvalue weighted by molar-refractivity contribution is 0.0954. The molecule has 2 heterocycles. The minimum Gasteiger partial charge on any atom is -0.384 e. The minimum atomic E-state index is -0.139. The predicted octanol–water partition coefficient (Wildman–Crippen LogP) is 2.72. The third kappa shape index (κ3) is 3.12. The average molecular weight is 310 g/mol. The van der Waals surface area contributed by atoms with Crippen molar-refractivity contribution in [1.82, 2.24) is 15.3 Å². The summed E-state index contributed by atoms with van der Waals surface area (Å²) in [5.74, 6) is 0.742. The van der Waals surface area contributed by atoms with Gasteiger partial charge in [-0.2, -0.15) is 0 Å². The van der Waals surface area contributed by atoms with E-state index in [1.165, 1.54) is 11.3 Å². The molecule has 0 atom stereocenters. The quantitative estimate of drug-likeness (QED) is 0.776. The van der Waals surface area contributed by atoms with Crippen molar-refractivity contribution in [1.29, 1.82) is 0 Å². The van der Waals surface area contributed by atoms with Gasteiger partial charge in [0.1, 0.15) is 11.6 Å². The summed E-state index contributed by atoms with van der Waals surface area (Å²) >= 11 is 1.41. The molecule has 0 aliphatic heterocycles. The zero-order chi connectivity index (χ0) is 15.4. The van der Waals surface area contributed by atoms with Gasteiger partial charge >= 0.3 is 0 Å². The summed E-state index contributed by atoms with van der Waals surface area (Å²) in [7, 11) is 0. The first-order valence-corrected chi connectivity index (χ1v) is 7.60. The van der Waals surface area contributed by atoms with Crippen LogP contribution in [0.3, 0.4) is 0 Å².